The summed E-state index contributed by atoms with van der Waals surface area (Å²) in [7, 11) is 3.79. The van der Waals surface area contributed by atoms with Crippen LogP contribution in [-0.2, 0) is 6.54 Å². The van der Waals surface area contributed by atoms with Crippen LogP contribution >= 0.6 is 0 Å². The SMILES string of the molecule is COc1cc(CNC2CCCC2)ccc1OC[C@@H](O)CN(C)C1CCCCC1. The second kappa shape index (κ2) is 11.0. The van der Waals surface area contributed by atoms with E-state index in [2.05, 4.69) is 23.3 Å². The Bertz CT molecular complexity index is 583. The van der Waals surface area contributed by atoms with Crippen molar-refractivity contribution in [1.29, 1.82) is 0 Å². The molecule has 1 atom stereocenters. The van der Waals surface area contributed by atoms with Crippen molar-refractivity contribution in [3.05, 3.63) is 23.8 Å². The molecule has 2 fully saturated rings. The van der Waals surface area contributed by atoms with Gasteiger partial charge in [-0.2, -0.15) is 0 Å². The molecule has 1 aromatic carbocycles. The van der Waals surface area contributed by atoms with Gasteiger partial charge in [-0.15, -0.1) is 0 Å². The van der Waals surface area contributed by atoms with Gasteiger partial charge in [-0.1, -0.05) is 38.2 Å². The Hall–Kier alpha value is -1.30. The molecule has 0 aromatic heterocycles. The van der Waals surface area contributed by atoms with Crippen molar-refractivity contribution in [3.8, 4) is 11.5 Å². The zero-order chi connectivity index (χ0) is 19.8. The third kappa shape index (κ3) is 6.36. The van der Waals surface area contributed by atoms with Crippen LogP contribution < -0.4 is 14.8 Å². The van der Waals surface area contributed by atoms with Crippen LogP contribution in [0.5, 0.6) is 11.5 Å². The second-order valence-corrected chi connectivity index (χ2v) is 8.54. The van der Waals surface area contributed by atoms with Gasteiger partial charge in [0.2, 0.25) is 0 Å². The Morgan fingerprint density at radius 3 is 2.50 bits per heavy atom. The number of likely N-dealkylation sites (N-methyl/N-ethyl adjacent to an activating group) is 1. The number of aliphatic hydroxyl groups is 1. The summed E-state index contributed by atoms with van der Waals surface area (Å²) in [6.45, 7) is 1.79. The van der Waals surface area contributed by atoms with E-state index < -0.39 is 6.10 Å². The number of rotatable bonds is 10. The van der Waals surface area contributed by atoms with Gasteiger partial charge < -0.3 is 24.8 Å². The Balaban J connectivity index is 1.45. The van der Waals surface area contributed by atoms with Gasteiger partial charge in [-0.25, -0.2) is 0 Å². The number of ether oxygens (including phenoxy) is 2. The van der Waals surface area contributed by atoms with E-state index in [9.17, 15) is 5.11 Å². The highest BCUT2D eigenvalue weighted by Gasteiger charge is 2.20. The van der Waals surface area contributed by atoms with Crippen molar-refractivity contribution in [2.24, 2.45) is 0 Å². The Morgan fingerprint density at radius 2 is 1.79 bits per heavy atom. The van der Waals surface area contributed by atoms with Gasteiger partial charge in [0, 0.05) is 25.2 Å². The zero-order valence-electron chi connectivity index (χ0n) is 17.7. The summed E-state index contributed by atoms with van der Waals surface area (Å²) in [5, 5.41) is 14.0. The Labute approximate surface area is 170 Å². The van der Waals surface area contributed by atoms with Crippen LogP contribution in [0.1, 0.15) is 63.4 Å². The Morgan fingerprint density at radius 1 is 1.07 bits per heavy atom. The topological polar surface area (TPSA) is 54.0 Å². The average molecular weight is 391 g/mol. The summed E-state index contributed by atoms with van der Waals surface area (Å²) in [6, 6.07) is 7.34. The molecule has 0 bridgehead atoms. The molecule has 2 N–H and O–H groups in total. The molecule has 2 saturated carbocycles. The molecule has 28 heavy (non-hydrogen) atoms. The number of methoxy groups -OCH3 is 1. The quantitative estimate of drug-likeness (QED) is 0.638. The van der Waals surface area contributed by atoms with E-state index in [1.165, 1.54) is 63.4 Å². The fourth-order valence-electron chi connectivity index (χ4n) is 4.58. The lowest BCUT2D eigenvalue weighted by atomic mass is 9.94. The van der Waals surface area contributed by atoms with Crippen molar-refractivity contribution in [3.63, 3.8) is 0 Å². The monoisotopic (exact) mass is 390 g/mol. The lowest BCUT2D eigenvalue weighted by Crippen LogP contribution is -2.40. The van der Waals surface area contributed by atoms with Crippen LogP contribution in [0.2, 0.25) is 0 Å². The molecule has 5 nitrogen and oxygen atoms in total. The summed E-state index contributed by atoms with van der Waals surface area (Å²) in [5.74, 6) is 1.44. The highest BCUT2D eigenvalue weighted by Crippen LogP contribution is 2.29. The number of nitrogens with zero attached hydrogens (tertiary/aromatic N) is 1. The molecule has 0 heterocycles. The van der Waals surface area contributed by atoms with E-state index in [4.69, 9.17) is 9.47 Å². The van der Waals surface area contributed by atoms with Crippen LogP contribution in [0.3, 0.4) is 0 Å². The maximum absolute atomic E-state index is 10.4. The third-order valence-electron chi connectivity index (χ3n) is 6.31. The molecular formula is C23H38N2O3. The minimum atomic E-state index is -0.500. The lowest BCUT2D eigenvalue weighted by molar-refractivity contribution is 0.0553. The van der Waals surface area contributed by atoms with Crippen LogP contribution in [-0.4, -0.2) is 55.5 Å². The Kier molecular flexibility index (Phi) is 8.44. The number of nitrogens with one attached hydrogen (secondary N) is 1. The van der Waals surface area contributed by atoms with Crippen LogP contribution in [0.15, 0.2) is 18.2 Å². The van der Waals surface area contributed by atoms with Crippen molar-refractivity contribution < 1.29 is 14.6 Å². The molecule has 0 aliphatic heterocycles. The van der Waals surface area contributed by atoms with Crippen LogP contribution in [0.4, 0.5) is 0 Å². The summed E-state index contributed by atoms with van der Waals surface area (Å²) in [4.78, 5) is 2.29. The molecule has 2 aliphatic rings. The molecule has 5 heteroatoms. The molecule has 0 radical (unpaired) electrons. The largest absolute Gasteiger partial charge is 0.493 e. The van der Waals surface area contributed by atoms with Gasteiger partial charge in [0.1, 0.15) is 12.7 Å². The van der Waals surface area contributed by atoms with Gasteiger partial charge in [-0.3, -0.25) is 0 Å². The predicted molar refractivity (Wildman–Crippen MR) is 113 cm³/mol. The molecule has 3 rings (SSSR count). The number of hydrogen-bond acceptors (Lipinski definition) is 5. The molecular weight excluding hydrogens is 352 g/mol. The number of benzene rings is 1. The van der Waals surface area contributed by atoms with Crippen LogP contribution in [0.25, 0.3) is 0 Å². The highest BCUT2D eigenvalue weighted by molar-refractivity contribution is 5.43. The van der Waals surface area contributed by atoms with Crippen LogP contribution in [0, 0.1) is 0 Å². The fraction of sp³-hybridized carbons (Fsp3) is 0.739. The molecule has 0 spiro atoms. The maximum atomic E-state index is 10.4. The fourth-order valence-corrected chi connectivity index (χ4v) is 4.58. The van der Waals surface area contributed by atoms with E-state index in [0.29, 0.717) is 24.4 Å². The van der Waals surface area contributed by atoms with E-state index in [1.54, 1.807) is 7.11 Å². The van der Waals surface area contributed by atoms with E-state index in [-0.39, 0.29) is 6.61 Å². The smallest absolute Gasteiger partial charge is 0.161 e. The lowest BCUT2D eigenvalue weighted by Gasteiger charge is -2.32. The van der Waals surface area contributed by atoms with Gasteiger partial charge in [-0.05, 0) is 50.4 Å². The maximum Gasteiger partial charge on any atom is 0.161 e. The first-order chi connectivity index (χ1) is 13.7. The molecule has 0 amide bonds. The standard InChI is InChI=1S/C23H38N2O3/c1-25(20-10-4-3-5-11-20)16-21(26)17-28-22-13-12-18(14-23(22)27-2)15-24-19-8-6-7-9-19/h12-14,19-21,24,26H,3-11,15-17H2,1-2H3/t21-/m0/s1. The third-order valence-corrected chi connectivity index (χ3v) is 6.31. The molecule has 0 saturated heterocycles. The summed E-state index contributed by atoms with van der Waals surface area (Å²) in [6.07, 6.45) is 11.2. The van der Waals surface area contributed by atoms with Crippen molar-refractivity contribution in [1.82, 2.24) is 10.2 Å². The first kappa shape index (κ1) is 21.4. The minimum absolute atomic E-state index is 0.285. The van der Waals surface area contributed by atoms with E-state index in [0.717, 1.165) is 12.3 Å². The highest BCUT2D eigenvalue weighted by atomic mass is 16.5. The predicted octanol–water partition coefficient (Wildman–Crippen LogP) is 3.73. The first-order valence-corrected chi connectivity index (χ1v) is 11.1. The van der Waals surface area contributed by atoms with Crippen molar-refractivity contribution in [2.75, 3.05) is 27.3 Å². The first-order valence-electron chi connectivity index (χ1n) is 11.1. The van der Waals surface area contributed by atoms with Gasteiger partial charge in [0.15, 0.2) is 11.5 Å². The van der Waals surface area contributed by atoms with Crippen molar-refractivity contribution >= 4 is 0 Å². The number of aliphatic hydroxyl groups excluding tert-OH is 1. The van der Waals surface area contributed by atoms with Gasteiger partial charge in [0.25, 0.3) is 0 Å². The summed E-state index contributed by atoms with van der Waals surface area (Å²) < 4.78 is 11.4. The minimum Gasteiger partial charge on any atom is -0.493 e. The van der Waals surface area contributed by atoms with Gasteiger partial charge in [0.05, 0.1) is 7.11 Å². The second-order valence-electron chi connectivity index (χ2n) is 8.54. The molecule has 158 valence electrons. The normalized spacial score (nSPS) is 19.9. The average Bonchev–Trinajstić information content (AvgIpc) is 3.25. The van der Waals surface area contributed by atoms with Gasteiger partial charge >= 0.3 is 0 Å². The molecule has 2 aliphatic carbocycles. The van der Waals surface area contributed by atoms with E-state index >= 15 is 0 Å². The molecule has 0 unspecified atom stereocenters. The number of hydrogen-bond donors (Lipinski definition) is 2. The van der Waals surface area contributed by atoms with Crippen molar-refractivity contribution in [2.45, 2.75) is 82.5 Å². The summed E-state index contributed by atoms with van der Waals surface area (Å²) >= 11 is 0. The zero-order valence-corrected chi connectivity index (χ0v) is 17.7. The summed E-state index contributed by atoms with van der Waals surface area (Å²) in [5.41, 5.74) is 1.20. The van der Waals surface area contributed by atoms with E-state index in [1.807, 2.05) is 12.1 Å². The molecule has 1 aromatic rings.